The van der Waals surface area contributed by atoms with Crippen LogP contribution in [0.5, 0.6) is 0 Å². The molecule has 30 heavy (non-hydrogen) atoms. The number of carbonyl (C=O) groups excluding carboxylic acids is 1. The number of benzene rings is 1. The van der Waals surface area contributed by atoms with E-state index in [0.29, 0.717) is 12.1 Å². The molecule has 0 radical (unpaired) electrons. The standard InChI is InChI=1S/C23H30N6O/c1-3-28(4-2)14-13-24-23(30)19-9-7-18(8-10-19)20-16-26-22-12-11-21(27-29(20)22)25-15-17-5-6-17/h7-12,16-17H,3-6,13-15H2,1-2H3,(H,24,30)(H,25,27). The number of fused-ring (bicyclic) bond motifs is 1. The molecule has 0 aliphatic heterocycles. The number of likely N-dealkylation sites (N-methyl/N-ethyl adjacent to an activating group) is 1. The first kappa shape index (κ1) is 20.3. The molecule has 0 bridgehead atoms. The normalized spacial score (nSPS) is 13.7. The minimum Gasteiger partial charge on any atom is -0.368 e. The maximum absolute atomic E-state index is 12.4. The van der Waals surface area contributed by atoms with Crippen LogP contribution in [0.2, 0.25) is 0 Å². The third-order valence-corrected chi connectivity index (χ3v) is 5.68. The van der Waals surface area contributed by atoms with Gasteiger partial charge in [-0.05, 0) is 56.1 Å². The molecule has 0 spiro atoms. The van der Waals surface area contributed by atoms with Gasteiger partial charge in [0.2, 0.25) is 0 Å². The summed E-state index contributed by atoms with van der Waals surface area (Å²) in [7, 11) is 0. The minimum atomic E-state index is -0.0449. The SMILES string of the molecule is CCN(CC)CCNC(=O)c1ccc(-c2cnc3ccc(NCC4CC4)nn23)cc1. The summed E-state index contributed by atoms with van der Waals surface area (Å²) in [4.78, 5) is 19.2. The number of rotatable bonds is 10. The maximum Gasteiger partial charge on any atom is 0.251 e. The van der Waals surface area contributed by atoms with Gasteiger partial charge in [0.1, 0.15) is 5.82 Å². The van der Waals surface area contributed by atoms with E-state index in [9.17, 15) is 4.79 Å². The Morgan fingerprint density at radius 2 is 1.90 bits per heavy atom. The van der Waals surface area contributed by atoms with E-state index >= 15 is 0 Å². The number of hydrogen-bond acceptors (Lipinski definition) is 5. The molecule has 2 heterocycles. The number of imidazole rings is 1. The molecule has 1 fully saturated rings. The van der Waals surface area contributed by atoms with E-state index in [0.717, 1.165) is 54.8 Å². The van der Waals surface area contributed by atoms with Crippen molar-refractivity contribution in [3.8, 4) is 11.3 Å². The quantitative estimate of drug-likeness (QED) is 0.540. The Morgan fingerprint density at radius 1 is 1.13 bits per heavy atom. The van der Waals surface area contributed by atoms with Gasteiger partial charge in [-0.15, -0.1) is 5.10 Å². The van der Waals surface area contributed by atoms with Crippen LogP contribution < -0.4 is 10.6 Å². The first-order valence-electron chi connectivity index (χ1n) is 10.9. The van der Waals surface area contributed by atoms with Crippen LogP contribution in [0.1, 0.15) is 37.0 Å². The van der Waals surface area contributed by atoms with E-state index in [1.54, 1.807) is 0 Å². The highest BCUT2D eigenvalue weighted by Gasteiger charge is 2.21. The Bertz CT molecular complexity index is 989. The van der Waals surface area contributed by atoms with Crippen molar-refractivity contribution in [2.45, 2.75) is 26.7 Å². The molecular weight excluding hydrogens is 376 g/mol. The maximum atomic E-state index is 12.4. The topological polar surface area (TPSA) is 74.6 Å². The average Bonchev–Trinajstić information content (AvgIpc) is 3.52. The van der Waals surface area contributed by atoms with E-state index in [1.807, 2.05) is 47.1 Å². The van der Waals surface area contributed by atoms with Crippen molar-refractivity contribution in [1.29, 1.82) is 0 Å². The monoisotopic (exact) mass is 406 g/mol. The molecule has 0 saturated heterocycles. The highest BCUT2D eigenvalue weighted by atomic mass is 16.1. The van der Waals surface area contributed by atoms with E-state index in [2.05, 4.69) is 34.4 Å². The van der Waals surface area contributed by atoms with Crippen LogP contribution >= 0.6 is 0 Å². The molecule has 1 aromatic carbocycles. The number of nitrogens with one attached hydrogen (secondary N) is 2. The fraction of sp³-hybridized carbons (Fsp3) is 0.435. The number of carbonyl (C=O) groups is 1. The Labute approximate surface area is 177 Å². The van der Waals surface area contributed by atoms with E-state index < -0.39 is 0 Å². The van der Waals surface area contributed by atoms with Gasteiger partial charge in [-0.25, -0.2) is 9.50 Å². The fourth-order valence-electron chi connectivity index (χ4n) is 3.50. The molecule has 0 unspecified atom stereocenters. The van der Waals surface area contributed by atoms with Crippen LogP contribution in [0.3, 0.4) is 0 Å². The summed E-state index contributed by atoms with van der Waals surface area (Å²) in [6.07, 6.45) is 4.44. The molecule has 2 N–H and O–H groups in total. The number of hydrogen-bond donors (Lipinski definition) is 2. The Kier molecular flexibility index (Phi) is 6.28. The lowest BCUT2D eigenvalue weighted by molar-refractivity contribution is 0.0949. The second-order valence-corrected chi connectivity index (χ2v) is 7.82. The molecule has 7 heteroatoms. The first-order chi connectivity index (χ1) is 14.7. The number of nitrogens with zero attached hydrogens (tertiary/aromatic N) is 4. The molecule has 1 aliphatic rings. The molecule has 4 rings (SSSR count). The van der Waals surface area contributed by atoms with Crippen LogP contribution in [0, 0.1) is 5.92 Å². The lowest BCUT2D eigenvalue weighted by Crippen LogP contribution is -2.34. The predicted octanol–water partition coefficient (Wildman–Crippen LogP) is 3.29. The highest BCUT2D eigenvalue weighted by molar-refractivity contribution is 5.94. The lowest BCUT2D eigenvalue weighted by atomic mass is 10.1. The van der Waals surface area contributed by atoms with Crippen molar-refractivity contribution >= 4 is 17.4 Å². The van der Waals surface area contributed by atoms with Crippen molar-refractivity contribution in [3.05, 3.63) is 48.2 Å². The summed E-state index contributed by atoms with van der Waals surface area (Å²) in [5.74, 6) is 1.60. The summed E-state index contributed by atoms with van der Waals surface area (Å²) in [6, 6.07) is 11.6. The zero-order valence-corrected chi connectivity index (χ0v) is 17.8. The van der Waals surface area contributed by atoms with E-state index in [4.69, 9.17) is 5.10 Å². The van der Waals surface area contributed by atoms with E-state index in [1.165, 1.54) is 12.8 Å². The molecule has 158 valence electrons. The summed E-state index contributed by atoms with van der Waals surface area (Å²) >= 11 is 0. The number of amides is 1. The molecule has 3 aromatic rings. The Morgan fingerprint density at radius 3 is 2.60 bits per heavy atom. The molecule has 1 amide bonds. The van der Waals surface area contributed by atoms with Gasteiger partial charge in [0.05, 0.1) is 11.9 Å². The van der Waals surface area contributed by atoms with Gasteiger partial charge in [-0.2, -0.15) is 0 Å². The van der Waals surface area contributed by atoms with E-state index in [-0.39, 0.29) is 5.91 Å². The molecule has 1 saturated carbocycles. The lowest BCUT2D eigenvalue weighted by Gasteiger charge is -2.17. The van der Waals surface area contributed by atoms with Crippen molar-refractivity contribution in [2.24, 2.45) is 5.92 Å². The predicted molar refractivity (Wildman–Crippen MR) is 120 cm³/mol. The molecule has 1 aliphatic carbocycles. The van der Waals surface area contributed by atoms with Gasteiger partial charge in [0.25, 0.3) is 5.91 Å². The van der Waals surface area contributed by atoms with Gasteiger partial charge in [-0.1, -0.05) is 26.0 Å². The zero-order chi connectivity index (χ0) is 20.9. The fourth-order valence-corrected chi connectivity index (χ4v) is 3.50. The van der Waals surface area contributed by atoms with Crippen molar-refractivity contribution in [3.63, 3.8) is 0 Å². The van der Waals surface area contributed by atoms with Gasteiger partial charge in [-0.3, -0.25) is 4.79 Å². The number of aromatic nitrogens is 3. The van der Waals surface area contributed by atoms with Crippen LogP contribution in [-0.4, -0.2) is 58.1 Å². The second-order valence-electron chi connectivity index (χ2n) is 7.82. The third-order valence-electron chi connectivity index (χ3n) is 5.68. The van der Waals surface area contributed by atoms with Crippen LogP contribution in [0.25, 0.3) is 16.9 Å². The van der Waals surface area contributed by atoms with Gasteiger partial charge >= 0.3 is 0 Å². The summed E-state index contributed by atoms with van der Waals surface area (Å²) in [5, 5.41) is 11.1. The van der Waals surface area contributed by atoms with Crippen LogP contribution in [-0.2, 0) is 0 Å². The van der Waals surface area contributed by atoms with Crippen LogP contribution in [0.15, 0.2) is 42.6 Å². The summed E-state index contributed by atoms with van der Waals surface area (Å²) < 4.78 is 1.86. The first-order valence-corrected chi connectivity index (χ1v) is 10.9. The zero-order valence-electron chi connectivity index (χ0n) is 17.8. The second kappa shape index (κ2) is 9.26. The largest absolute Gasteiger partial charge is 0.368 e. The van der Waals surface area contributed by atoms with Gasteiger partial charge in [0.15, 0.2) is 5.65 Å². The van der Waals surface area contributed by atoms with Crippen molar-refractivity contribution in [1.82, 2.24) is 24.8 Å². The van der Waals surface area contributed by atoms with Crippen molar-refractivity contribution < 1.29 is 4.79 Å². The highest BCUT2D eigenvalue weighted by Crippen LogP contribution is 2.29. The van der Waals surface area contributed by atoms with Gasteiger partial charge in [0, 0.05) is 30.8 Å². The average molecular weight is 407 g/mol. The molecule has 2 aromatic heterocycles. The van der Waals surface area contributed by atoms with Crippen LogP contribution in [0.4, 0.5) is 5.82 Å². The molecule has 0 atom stereocenters. The number of anilines is 1. The third kappa shape index (κ3) is 4.79. The summed E-state index contributed by atoms with van der Waals surface area (Å²) in [6.45, 7) is 8.73. The minimum absolute atomic E-state index is 0.0449. The van der Waals surface area contributed by atoms with Crippen molar-refractivity contribution in [2.75, 3.05) is 38.0 Å². The Hall–Kier alpha value is -2.93. The summed E-state index contributed by atoms with van der Waals surface area (Å²) in [5.41, 5.74) is 3.36. The molecule has 7 nitrogen and oxygen atoms in total. The molecular formula is C23H30N6O. The Balaban J connectivity index is 1.43. The van der Waals surface area contributed by atoms with Gasteiger partial charge < -0.3 is 15.5 Å². The smallest absolute Gasteiger partial charge is 0.251 e.